The summed E-state index contributed by atoms with van der Waals surface area (Å²) in [4.78, 5) is 15.9. The van der Waals surface area contributed by atoms with E-state index in [1.165, 1.54) is 12.5 Å². The normalized spacial score (nSPS) is 20.1. The third-order valence-corrected chi connectivity index (χ3v) is 3.96. The summed E-state index contributed by atoms with van der Waals surface area (Å²) < 4.78 is 10.7. The number of amides is 1. The number of aromatic nitrogens is 2. The van der Waals surface area contributed by atoms with Crippen LogP contribution in [0.5, 0.6) is 0 Å². The topological polar surface area (TPSA) is 81.2 Å². The Bertz CT molecular complexity index is 702. The Balaban J connectivity index is 1.37. The van der Waals surface area contributed by atoms with Crippen LogP contribution in [0, 0.1) is 12.8 Å². The minimum atomic E-state index is -0.135. The van der Waals surface area contributed by atoms with Gasteiger partial charge in [-0.05, 0) is 43.9 Å². The minimum absolute atomic E-state index is 0.135. The number of nitrogens with one attached hydrogen (secondary N) is 1. The molecular weight excluding hydrogens is 294 g/mol. The summed E-state index contributed by atoms with van der Waals surface area (Å²) in [6.45, 7) is 4.56. The molecule has 1 amide bonds. The van der Waals surface area contributed by atoms with Gasteiger partial charge in [-0.3, -0.25) is 4.79 Å². The van der Waals surface area contributed by atoms with Crippen molar-refractivity contribution >= 4 is 12.0 Å². The SMILES string of the molecule is Cc1noc(CCCNC(=O)C=Cc2ccc(C3CC3C)o2)n1. The zero-order chi connectivity index (χ0) is 16.2. The van der Waals surface area contributed by atoms with Gasteiger partial charge in [0.15, 0.2) is 5.82 Å². The quantitative estimate of drug-likeness (QED) is 0.627. The van der Waals surface area contributed by atoms with Crippen LogP contribution in [-0.4, -0.2) is 22.6 Å². The molecule has 1 N–H and O–H groups in total. The highest BCUT2D eigenvalue weighted by Crippen LogP contribution is 2.47. The molecule has 2 aromatic rings. The van der Waals surface area contributed by atoms with E-state index in [2.05, 4.69) is 22.4 Å². The molecule has 3 rings (SSSR count). The van der Waals surface area contributed by atoms with Crippen LogP contribution in [0.25, 0.3) is 6.08 Å². The summed E-state index contributed by atoms with van der Waals surface area (Å²) in [5.74, 6) is 4.10. The van der Waals surface area contributed by atoms with Gasteiger partial charge in [-0.15, -0.1) is 0 Å². The van der Waals surface area contributed by atoms with Crippen LogP contribution in [0.3, 0.4) is 0 Å². The van der Waals surface area contributed by atoms with Gasteiger partial charge in [0.05, 0.1) is 0 Å². The molecule has 1 fully saturated rings. The van der Waals surface area contributed by atoms with Crippen molar-refractivity contribution in [2.75, 3.05) is 6.54 Å². The van der Waals surface area contributed by atoms with Gasteiger partial charge in [-0.25, -0.2) is 0 Å². The molecule has 0 aromatic carbocycles. The van der Waals surface area contributed by atoms with Gasteiger partial charge in [-0.1, -0.05) is 12.1 Å². The lowest BCUT2D eigenvalue weighted by Crippen LogP contribution is -2.22. The number of carbonyl (C=O) groups is 1. The Morgan fingerprint density at radius 2 is 2.30 bits per heavy atom. The Kier molecular flexibility index (Phi) is 4.60. The molecule has 0 saturated heterocycles. The van der Waals surface area contributed by atoms with Crippen LogP contribution >= 0.6 is 0 Å². The van der Waals surface area contributed by atoms with E-state index in [0.29, 0.717) is 36.5 Å². The van der Waals surface area contributed by atoms with Crippen molar-refractivity contribution in [3.8, 4) is 0 Å². The first-order valence-corrected chi connectivity index (χ1v) is 7.96. The molecule has 2 unspecified atom stereocenters. The van der Waals surface area contributed by atoms with E-state index in [0.717, 1.165) is 17.9 Å². The monoisotopic (exact) mass is 315 g/mol. The maximum absolute atomic E-state index is 11.7. The summed E-state index contributed by atoms with van der Waals surface area (Å²) in [6, 6.07) is 3.90. The Hall–Kier alpha value is -2.37. The molecule has 122 valence electrons. The minimum Gasteiger partial charge on any atom is -0.461 e. The zero-order valence-corrected chi connectivity index (χ0v) is 13.4. The highest BCUT2D eigenvalue weighted by atomic mass is 16.5. The number of nitrogens with zero attached hydrogens (tertiary/aromatic N) is 2. The van der Waals surface area contributed by atoms with Gasteiger partial charge >= 0.3 is 0 Å². The van der Waals surface area contributed by atoms with Gasteiger partial charge in [0.1, 0.15) is 11.5 Å². The maximum atomic E-state index is 11.7. The van der Waals surface area contributed by atoms with E-state index in [-0.39, 0.29) is 5.91 Å². The summed E-state index contributed by atoms with van der Waals surface area (Å²) in [7, 11) is 0. The average molecular weight is 315 g/mol. The molecule has 0 aliphatic heterocycles. The number of carbonyl (C=O) groups excluding carboxylic acids is 1. The predicted molar refractivity (Wildman–Crippen MR) is 84.6 cm³/mol. The number of furan rings is 1. The van der Waals surface area contributed by atoms with Crippen LogP contribution < -0.4 is 5.32 Å². The van der Waals surface area contributed by atoms with Crippen molar-refractivity contribution in [2.24, 2.45) is 5.92 Å². The number of rotatable bonds is 7. The highest BCUT2D eigenvalue weighted by Gasteiger charge is 2.36. The van der Waals surface area contributed by atoms with Gasteiger partial charge < -0.3 is 14.3 Å². The van der Waals surface area contributed by atoms with Gasteiger partial charge in [0.25, 0.3) is 0 Å². The molecule has 1 saturated carbocycles. The number of hydrogen-bond acceptors (Lipinski definition) is 5. The van der Waals surface area contributed by atoms with Gasteiger partial charge in [0.2, 0.25) is 11.8 Å². The molecular formula is C17H21N3O3. The smallest absolute Gasteiger partial charge is 0.244 e. The molecule has 1 aliphatic rings. The van der Waals surface area contributed by atoms with Crippen molar-refractivity contribution < 1.29 is 13.7 Å². The predicted octanol–water partition coefficient (Wildman–Crippen LogP) is 2.86. The van der Waals surface area contributed by atoms with Crippen molar-refractivity contribution in [3.63, 3.8) is 0 Å². The average Bonchev–Trinajstić information content (AvgIpc) is 2.92. The lowest BCUT2D eigenvalue weighted by atomic mass is 10.3. The standard InChI is InChI=1S/C17H21N3O3/c1-11-10-14(11)15-7-5-13(22-15)6-8-16(21)18-9-3-4-17-19-12(2)20-23-17/h5-8,11,14H,3-4,9-10H2,1-2H3,(H,18,21). The lowest BCUT2D eigenvalue weighted by molar-refractivity contribution is -0.116. The molecule has 1 aliphatic carbocycles. The molecule has 2 heterocycles. The molecule has 23 heavy (non-hydrogen) atoms. The Morgan fingerprint density at radius 3 is 3.00 bits per heavy atom. The largest absolute Gasteiger partial charge is 0.461 e. The van der Waals surface area contributed by atoms with Crippen molar-refractivity contribution in [1.29, 1.82) is 0 Å². The van der Waals surface area contributed by atoms with E-state index in [4.69, 9.17) is 8.94 Å². The van der Waals surface area contributed by atoms with Crippen molar-refractivity contribution in [3.05, 3.63) is 41.4 Å². The first-order chi connectivity index (χ1) is 11.1. The van der Waals surface area contributed by atoms with Crippen molar-refractivity contribution in [1.82, 2.24) is 15.5 Å². The highest BCUT2D eigenvalue weighted by molar-refractivity contribution is 5.91. The molecule has 6 nitrogen and oxygen atoms in total. The van der Waals surface area contributed by atoms with E-state index >= 15 is 0 Å². The summed E-state index contributed by atoms with van der Waals surface area (Å²) in [5.41, 5.74) is 0. The lowest BCUT2D eigenvalue weighted by Gasteiger charge is -1.99. The number of aryl methyl sites for hydroxylation is 2. The zero-order valence-electron chi connectivity index (χ0n) is 13.4. The molecule has 0 spiro atoms. The van der Waals surface area contributed by atoms with E-state index in [1.54, 1.807) is 13.0 Å². The van der Waals surface area contributed by atoms with Crippen LogP contribution in [-0.2, 0) is 11.2 Å². The fourth-order valence-corrected chi connectivity index (χ4v) is 2.49. The van der Waals surface area contributed by atoms with Crippen LogP contribution in [0.4, 0.5) is 0 Å². The first-order valence-electron chi connectivity index (χ1n) is 7.96. The second-order valence-corrected chi connectivity index (χ2v) is 6.02. The van der Waals surface area contributed by atoms with Gasteiger partial charge in [-0.2, -0.15) is 4.98 Å². The molecule has 0 bridgehead atoms. The first kappa shape index (κ1) is 15.5. The third kappa shape index (κ3) is 4.31. The van der Waals surface area contributed by atoms with E-state index in [9.17, 15) is 4.79 Å². The summed E-state index contributed by atoms with van der Waals surface area (Å²) >= 11 is 0. The van der Waals surface area contributed by atoms with E-state index < -0.39 is 0 Å². The third-order valence-electron chi connectivity index (χ3n) is 3.96. The fraction of sp³-hybridized carbons (Fsp3) is 0.471. The van der Waals surface area contributed by atoms with E-state index in [1.807, 2.05) is 12.1 Å². The van der Waals surface area contributed by atoms with Crippen LogP contribution in [0.1, 0.15) is 48.9 Å². The van der Waals surface area contributed by atoms with Crippen LogP contribution in [0.2, 0.25) is 0 Å². The second kappa shape index (κ2) is 6.81. The maximum Gasteiger partial charge on any atom is 0.244 e. The summed E-state index contributed by atoms with van der Waals surface area (Å²) in [6.07, 6.45) is 5.80. The van der Waals surface area contributed by atoms with Crippen LogP contribution in [0.15, 0.2) is 27.1 Å². The fourth-order valence-electron chi connectivity index (χ4n) is 2.49. The second-order valence-electron chi connectivity index (χ2n) is 6.02. The summed E-state index contributed by atoms with van der Waals surface area (Å²) in [5, 5.41) is 6.54. The molecule has 6 heteroatoms. The molecule has 2 atom stereocenters. The number of hydrogen-bond donors (Lipinski definition) is 1. The molecule has 2 aromatic heterocycles. The van der Waals surface area contributed by atoms with Gasteiger partial charge in [0, 0.05) is 25.0 Å². The Morgan fingerprint density at radius 1 is 1.48 bits per heavy atom. The Labute approximate surface area is 134 Å². The molecule has 0 radical (unpaired) electrons. The van der Waals surface area contributed by atoms with Crippen molar-refractivity contribution in [2.45, 2.75) is 39.0 Å².